The topological polar surface area (TPSA) is 83.6 Å². The summed E-state index contributed by atoms with van der Waals surface area (Å²) < 4.78 is 2.03. The van der Waals surface area contributed by atoms with Crippen molar-refractivity contribution >= 4 is 17.7 Å². The molecule has 0 spiro atoms. The van der Waals surface area contributed by atoms with Gasteiger partial charge in [-0.2, -0.15) is 5.26 Å². The van der Waals surface area contributed by atoms with Gasteiger partial charge in [-0.1, -0.05) is 73.6 Å². The molecule has 1 aromatic heterocycles. The van der Waals surface area contributed by atoms with Crippen LogP contribution in [0.5, 0.6) is 0 Å². The highest BCUT2D eigenvalue weighted by molar-refractivity contribution is 7.99. The second-order valence-corrected chi connectivity index (χ2v) is 9.43. The maximum absolute atomic E-state index is 12.6. The lowest BCUT2D eigenvalue weighted by molar-refractivity contribution is -0.120. The van der Waals surface area contributed by atoms with Crippen molar-refractivity contribution in [2.75, 3.05) is 5.75 Å². The molecule has 32 heavy (non-hydrogen) atoms. The van der Waals surface area contributed by atoms with Crippen LogP contribution < -0.4 is 5.32 Å². The van der Waals surface area contributed by atoms with E-state index < -0.39 is 5.54 Å². The number of carbonyl (C=O) groups excluding carboxylic acids is 1. The first kappa shape index (κ1) is 23.6. The maximum Gasteiger partial charge on any atom is 0.231 e. The van der Waals surface area contributed by atoms with E-state index in [1.807, 2.05) is 36.6 Å². The number of hydrogen-bond acceptors (Lipinski definition) is 5. The molecule has 6 nitrogen and oxygen atoms in total. The Bertz CT molecular complexity index is 1130. The molecule has 0 radical (unpaired) electrons. The highest BCUT2D eigenvalue weighted by Crippen LogP contribution is 2.26. The van der Waals surface area contributed by atoms with Crippen molar-refractivity contribution in [1.82, 2.24) is 20.1 Å². The van der Waals surface area contributed by atoms with Crippen LogP contribution in [-0.4, -0.2) is 32.0 Å². The third kappa shape index (κ3) is 5.38. The summed E-state index contributed by atoms with van der Waals surface area (Å²) >= 11 is 1.33. The molecule has 166 valence electrons. The number of carbonyl (C=O) groups is 1. The van der Waals surface area contributed by atoms with Crippen molar-refractivity contribution in [2.45, 2.75) is 51.7 Å². The number of nitriles is 1. The van der Waals surface area contributed by atoms with Crippen LogP contribution in [0.1, 0.15) is 43.3 Å². The molecule has 3 rings (SSSR count). The third-order valence-electron chi connectivity index (χ3n) is 5.62. The SMILES string of the molecule is Cc1ccc(-n2c(Cc3ccccc3)nnc2SCC(=O)NC(C)(C#N)C(C)C)c(C)c1. The number of thioether (sulfide) groups is 1. The number of aromatic nitrogens is 3. The van der Waals surface area contributed by atoms with Gasteiger partial charge in [-0.15, -0.1) is 10.2 Å². The van der Waals surface area contributed by atoms with Crippen LogP contribution in [0.3, 0.4) is 0 Å². The lowest BCUT2D eigenvalue weighted by Crippen LogP contribution is -2.49. The zero-order valence-corrected chi connectivity index (χ0v) is 20.0. The van der Waals surface area contributed by atoms with Gasteiger partial charge >= 0.3 is 0 Å². The number of amides is 1. The summed E-state index contributed by atoms with van der Waals surface area (Å²) in [5.74, 6) is 0.763. The zero-order chi connectivity index (χ0) is 23.3. The molecule has 0 aliphatic carbocycles. The highest BCUT2D eigenvalue weighted by atomic mass is 32.2. The first-order chi connectivity index (χ1) is 15.2. The van der Waals surface area contributed by atoms with E-state index in [2.05, 4.69) is 65.8 Å². The molecule has 0 bridgehead atoms. The Morgan fingerprint density at radius 1 is 1.19 bits per heavy atom. The van der Waals surface area contributed by atoms with Crippen molar-refractivity contribution in [2.24, 2.45) is 5.92 Å². The van der Waals surface area contributed by atoms with E-state index in [0.29, 0.717) is 11.6 Å². The molecular formula is C25H29N5OS. The summed E-state index contributed by atoms with van der Waals surface area (Å²) in [6.07, 6.45) is 0.633. The fraction of sp³-hybridized carbons (Fsp3) is 0.360. The van der Waals surface area contributed by atoms with Gasteiger partial charge in [-0.05, 0) is 43.9 Å². The number of benzene rings is 2. The minimum Gasteiger partial charge on any atom is -0.337 e. The van der Waals surface area contributed by atoms with Crippen LogP contribution in [-0.2, 0) is 11.2 Å². The normalized spacial score (nSPS) is 12.9. The Morgan fingerprint density at radius 2 is 1.91 bits per heavy atom. The highest BCUT2D eigenvalue weighted by Gasteiger charge is 2.30. The average molecular weight is 448 g/mol. The molecule has 0 fully saturated rings. The van der Waals surface area contributed by atoms with Crippen LogP contribution in [0.4, 0.5) is 0 Å². The Morgan fingerprint density at radius 3 is 2.53 bits per heavy atom. The Labute approximate surface area is 194 Å². The molecule has 3 aromatic rings. The average Bonchev–Trinajstić information content (AvgIpc) is 3.15. The van der Waals surface area contributed by atoms with Gasteiger partial charge in [0.05, 0.1) is 17.5 Å². The monoisotopic (exact) mass is 447 g/mol. The van der Waals surface area contributed by atoms with Crippen molar-refractivity contribution in [1.29, 1.82) is 5.26 Å². The maximum atomic E-state index is 12.6. The van der Waals surface area contributed by atoms with Gasteiger partial charge in [0, 0.05) is 6.42 Å². The van der Waals surface area contributed by atoms with Gasteiger partial charge in [-0.25, -0.2) is 0 Å². The largest absolute Gasteiger partial charge is 0.337 e. The van der Waals surface area contributed by atoms with Crippen LogP contribution in [0.2, 0.25) is 0 Å². The van der Waals surface area contributed by atoms with E-state index in [0.717, 1.165) is 22.6 Å². The summed E-state index contributed by atoms with van der Waals surface area (Å²) in [6, 6.07) is 18.6. The van der Waals surface area contributed by atoms with Crippen molar-refractivity contribution in [3.63, 3.8) is 0 Å². The number of nitrogens with zero attached hydrogens (tertiary/aromatic N) is 4. The quantitative estimate of drug-likeness (QED) is 0.509. The predicted octanol–water partition coefficient (Wildman–Crippen LogP) is 4.62. The summed E-state index contributed by atoms with van der Waals surface area (Å²) in [4.78, 5) is 12.6. The minimum absolute atomic E-state index is 0.00205. The summed E-state index contributed by atoms with van der Waals surface area (Å²) in [7, 11) is 0. The molecule has 0 aliphatic heterocycles. The summed E-state index contributed by atoms with van der Waals surface area (Å²) in [5.41, 5.74) is 3.53. The van der Waals surface area contributed by atoms with E-state index in [4.69, 9.17) is 0 Å². The number of rotatable bonds is 8. The van der Waals surface area contributed by atoms with Crippen LogP contribution in [0.15, 0.2) is 53.7 Å². The van der Waals surface area contributed by atoms with E-state index in [9.17, 15) is 10.1 Å². The molecule has 2 aromatic carbocycles. The van der Waals surface area contributed by atoms with E-state index in [1.54, 1.807) is 6.92 Å². The van der Waals surface area contributed by atoms with E-state index in [1.165, 1.54) is 17.3 Å². The molecule has 7 heteroatoms. The van der Waals surface area contributed by atoms with Gasteiger partial charge in [0.15, 0.2) is 5.16 Å². The fourth-order valence-corrected chi connectivity index (χ4v) is 4.11. The summed E-state index contributed by atoms with van der Waals surface area (Å²) in [5, 5.41) is 21.9. The molecule has 0 aliphatic rings. The summed E-state index contributed by atoms with van der Waals surface area (Å²) in [6.45, 7) is 9.72. The Hall–Kier alpha value is -3.11. The molecule has 0 saturated heterocycles. The Kier molecular flexibility index (Phi) is 7.37. The van der Waals surface area contributed by atoms with Crippen LogP contribution in [0.25, 0.3) is 5.69 Å². The molecule has 1 heterocycles. The minimum atomic E-state index is -0.905. The molecule has 1 unspecified atom stereocenters. The molecule has 1 amide bonds. The van der Waals surface area contributed by atoms with Gasteiger partial charge in [-0.3, -0.25) is 9.36 Å². The third-order valence-corrected chi connectivity index (χ3v) is 6.55. The number of hydrogen-bond donors (Lipinski definition) is 1. The van der Waals surface area contributed by atoms with Gasteiger partial charge in [0.25, 0.3) is 0 Å². The molecule has 0 saturated carbocycles. The second kappa shape index (κ2) is 10.0. The number of aryl methyl sites for hydroxylation is 2. The first-order valence-corrected chi connectivity index (χ1v) is 11.6. The Balaban J connectivity index is 1.89. The van der Waals surface area contributed by atoms with Crippen molar-refractivity contribution < 1.29 is 4.79 Å². The first-order valence-electron chi connectivity index (χ1n) is 10.6. The van der Waals surface area contributed by atoms with E-state index in [-0.39, 0.29) is 17.6 Å². The fourth-order valence-electron chi connectivity index (χ4n) is 3.34. The van der Waals surface area contributed by atoms with Gasteiger partial charge in [0.1, 0.15) is 11.4 Å². The van der Waals surface area contributed by atoms with Crippen molar-refractivity contribution in [3.8, 4) is 11.8 Å². The van der Waals surface area contributed by atoms with Crippen molar-refractivity contribution in [3.05, 3.63) is 71.0 Å². The lowest BCUT2D eigenvalue weighted by atomic mass is 9.90. The predicted molar refractivity (Wildman–Crippen MR) is 128 cm³/mol. The van der Waals surface area contributed by atoms with Gasteiger partial charge in [0.2, 0.25) is 5.91 Å². The molecular weight excluding hydrogens is 418 g/mol. The van der Waals surface area contributed by atoms with Gasteiger partial charge < -0.3 is 5.32 Å². The van der Waals surface area contributed by atoms with Crippen LogP contribution >= 0.6 is 11.8 Å². The lowest BCUT2D eigenvalue weighted by Gasteiger charge is -2.27. The molecule has 1 atom stereocenters. The smallest absolute Gasteiger partial charge is 0.231 e. The standard InChI is InChI=1S/C25H29N5OS/c1-17(2)25(5,16-26)27-23(31)15-32-24-29-28-22(14-20-9-7-6-8-10-20)30(24)21-12-11-18(3)13-19(21)4/h6-13,17H,14-15H2,1-5H3,(H,27,31). The van der Waals surface area contributed by atoms with Crippen LogP contribution in [0, 0.1) is 31.1 Å². The second-order valence-electron chi connectivity index (χ2n) is 8.49. The zero-order valence-electron chi connectivity index (χ0n) is 19.2. The van der Waals surface area contributed by atoms with E-state index >= 15 is 0 Å². The molecule has 1 N–H and O–H groups in total. The number of nitrogens with one attached hydrogen (secondary N) is 1.